The summed E-state index contributed by atoms with van der Waals surface area (Å²) >= 11 is 1.64. The Morgan fingerprint density at radius 1 is 1.19 bits per heavy atom. The van der Waals surface area contributed by atoms with Crippen LogP contribution in [0.1, 0.15) is 28.8 Å². The second kappa shape index (κ2) is 10.4. The normalized spacial score (nSPS) is 11.1. The molecular weight excluding hydrogens is 473 g/mol. The molecule has 0 radical (unpaired) electrons. The fourth-order valence-electron chi connectivity index (χ4n) is 2.37. The number of benzene rings is 1. The van der Waals surface area contributed by atoms with Crippen LogP contribution in [0.4, 0.5) is 0 Å². The summed E-state index contributed by atoms with van der Waals surface area (Å²) in [6.45, 7) is 8.06. The Morgan fingerprint density at radius 3 is 2.63 bits per heavy atom. The van der Waals surface area contributed by atoms with E-state index in [1.807, 2.05) is 43.6 Å². The number of aliphatic imine (C=N–C) groups is 1. The van der Waals surface area contributed by atoms with Gasteiger partial charge in [-0.3, -0.25) is 0 Å². The van der Waals surface area contributed by atoms with Crippen LogP contribution in [0.2, 0.25) is 0 Å². The number of thiazole rings is 1. The Kier molecular flexibility index (Phi) is 8.23. The lowest BCUT2D eigenvalue weighted by Gasteiger charge is -2.10. The van der Waals surface area contributed by atoms with Crippen LogP contribution in [0, 0.1) is 13.8 Å². The predicted octanol–water partition coefficient (Wildman–Crippen LogP) is 4.29. The van der Waals surface area contributed by atoms with E-state index in [0.29, 0.717) is 19.0 Å². The molecular formula is C19H24IN5OS. The number of nitrogens with one attached hydrogen (secondary N) is 2. The maximum absolute atomic E-state index is 5.59. The Labute approximate surface area is 180 Å². The van der Waals surface area contributed by atoms with E-state index >= 15 is 0 Å². The number of rotatable bonds is 6. The van der Waals surface area contributed by atoms with Crippen LogP contribution >= 0.6 is 35.3 Å². The molecule has 0 atom stereocenters. The first-order valence-electron chi connectivity index (χ1n) is 8.58. The summed E-state index contributed by atoms with van der Waals surface area (Å²) in [5.41, 5.74) is 5.89. The minimum atomic E-state index is 0. The number of halogens is 1. The molecule has 0 bridgehead atoms. The summed E-state index contributed by atoms with van der Waals surface area (Å²) in [6.07, 6.45) is 1.66. The molecule has 0 unspecified atom stereocenters. The van der Waals surface area contributed by atoms with Crippen LogP contribution in [0.3, 0.4) is 0 Å². The zero-order valence-electron chi connectivity index (χ0n) is 15.7. The van der Waals surface area contributed by atoms with Crippen molar-refractivity contribution < 1.29 is 4.42 Å². The van der Waals surface area contributed by atoms with E-state index in [2.05, 4.69) is 32.5 Å². The Hall–Kier alpha value is -1.94. The molecule has 3 aromatic rings. The maximum Gasteiger partial charge on any atom is 0.226 e. The molecule has 0 spiro atoms. The van der Waals surface area contributed by atoms with Gasteiger partial charge in [-0.2, -0.15) is 0 Å². The highest BCUT2D eigenvalue weighted by atomic mass is 127. The summed E-state index contributed by atoms with van der Waals surface area (Å²) in [5.74, 6) is 1.37. The molecule has 2 N–H and O–H groups in total. The van der Waals surface area contributed by atoms with Crippen LogP contribution in [0.5, 0.6) is 0 Å². The predicted molar refractivity (Wildman–Crippen MR) is 121 cm³/mol. The summed E-state index contributed by atoms with van der Waals surface area (Å²) in [6, 6.07) is 8.12. The average Bonchev–Trinajstić information content (AvgIpc) is 3.27. The molecule has 6 nitrogen and oxygen atoms in total. The number of hydrogen-bond acceptors (Lipinski definition) is 5. The third-order valence-corrected chi connectivity index (χ3v) is 4.79. The van der Waals surface area contributed by atoms with E-state index in [0.717, 1.165) is 29.5 Å². The third kappa shape index (κ3) is 6.03. The molecule has 2 aromatic heterocycles. The summed E-state index contributed by atoms with van der Waals surface area (Å²) < 4.78 is 5.59. The topological polar surface area (TPSA) is 75.3 Å². The SMILES string of the molecule is CCNC(=NCc1coc(-c2ccc(C)cc2)n1)NCc1scnc1C.I. The quantitative estimate of drug-likeness (QED) is 0.302. The minimum Gasteiger partial charge on any atom is -0.444 e. The first kappa shape index (κ1) is 21.4. The molecule has 0 saturated heterocycles. The van der Waals surface area contributed by atoms with Gasteiger partial charge in [-0.05, 0) is 32.9 Å². The van der Waals surface area contributed by atoms with Gasteiger partial charge in [0.2, 0.25) is 5.89 Å². The highest BCUT2D eigenvalue weighted by Crippen LogP contribution is 2.19. The lowest BCUT2D eigenvalue weighted by atomic mass is 10.1. The highest BCUT2D eigenvalue weighted by molar-refractivity contribution is 14.0. The number of guanidine groups is 1. The molecule has 0 aliphatic rings. The molecule has 27 heavy (non-hydrogen) atoms. The van der Waals surface area contributed by atoms with Gasteiger partial charge in [-0.25, -0.2) is 15.0 Å². The molecule has 1 aromatic carbocycles. The fourth-order valence-corrected chi connectivity index (χ4v) is 3.09. The van der Waals surface area contributed by atoms with Crippen molar-refractivity contribution in [1.29, 1.82) is 0 Å². The first-order chi connectivity index (χ1) is 12.7. The molecule has 0 fully saturated rings. The molecule has 8 heteroatoms. The number of oxazole rings is 1. The monoisotopic (exact) mass is 497 g/mol. The van der Waals surface area contributed by atoms with Crippen molar-refractivity contribution in [3.63, 3.8) is 0 Å². The van der Waals surface area contributed by atoms with Crippen molar-refractivity contribution in [2.24, 2.45) is 4.99 Å². The van der Waals surface area contributed by atoms with Crippen LogP contribution in [-0.2, 0) is 13.1 Å². The van der Waals surface area contributed by atoms with Crippen LogP contribution in [0.25, 0.3) is 11.5 Å². The van der Waals surface area contributed by atoms with Crippen LogP contribution < -0.4 is 10.6 Å². The number of hydrogen-bond donors (Lipinski definition) is 2. The van der Waals surface area contributed by atoms with Crippen molar-refractivity contribution in [1.82, 2.24) is 20.6 Å². The van der Waals surface area contributed by atoms with Gasteiger partial charge >= 0.3 is 0 Å². The summed E-state index contributed by atoms with van der Waals surface area (Å²) in [5, 5.41) is 6.57. The number of aryl methyl sites for hydroxylation is 2. The zero-order valence-corrected chi connectivity index (χ0v) is 18.8. The molecule has 0 aliphatic carbocycles. The van der Waals surface area contributed by atoms with E-state index in [4.69, 9.17) is 4.42 Å². The first-order valence-corrected chi connectivity index (χ1v) is 9.46. The zero-order chi connectivity index (χ0) is 18.4. The number of nitrogens with zero attached hydrogens (tertiary/aromatic N) is 3. The highest BCUT2D eigenvalue weighted by Gasteiger charge is 2.07. The summed E-state index contributed by atoms with van der Waals surface area (Å²) in [7, 11) is 0. The number of aromatic nitrogens is 2. The molecule has 2 heterocycles. The van der Waals surface area contributed by atoms with Gasteiger partial charge in [0.1, 0.15) is 12.0 Å². The minimum absolute atomic E-state index is 0. The van der Waals surface area contributed by atoms with Crippen molar-refractivity contribution >= 4 is 41.3 Å². The van der Waals surface area contributed by atoms with Crippen molar-refractivity contribution in [2.45, 2.75) is 33.9 Å². The van der Waals surface area contributed by atoms with Crippen LogP contribution in [-0.4, -0.2) is 22.5 Å². The molecule has 3 rings (SSSR count). The van der Waals surface area contributed by atoms with E-state index in [1.54, 1.807) is 17.6 Å². The van der Waals surface area contributed by atoms with E-state index < -0.39 is 0 Å². The van der Waals surface area contributed by atoms with Crippen molar-refractivity contribution in [3.8, 4) is 11.5 Å². The standard InChI is InChI=1S/C19H23N5OS.HI/c1-4-20-19(22-10-17-14(3)23-12-26-17)21-9-16-11-25-18(24-16)15-7-5-13(2)6-8-15;/h5-8,11-12H,4,9-10H2,1-3H3,(H2,20,21,22);1H. The van der Waals surface area contributed by atoms with Gasteiger partial charge in [0.05, 0.1) is 24.3 Å². The van der Waals surface area contributed by atoms with E-state index in [9.17, 15) is 0 Å². The van der Waals surface area contributed by atoms with Gasteiger partial charge in [0.25, 0.3) is 0 Å². The second-order valence-electron chi connectivity index (χ2n) is 5.92. The Balaban J connectivity index is 0.00000261. The fraction of sp³-hybridized carbons (Fsp3) is 0.316. The Bertz CT molecular complexity index is 872. The maximum atomic E-state index is 5.59. The lowest BCUT2D eigenvalue weighted by Crippen LogP contribution is -2.36. The molecule has 0 amide bonds. The van der Waals surface area contributed by atoms with E-state index in [-0.39, 0.29) is 24.0 Å². The van der Waals surface area contributed by atoms with Crippen molar-refractivity contribution in [2.75, 3.05) is 6.54 Å². The lowest BCUT2D eigenvalue weighted by molar-refractivity contribution is 0.572. The van der Waals surface area contributed by atoms with Gasteiger partial charge in [0.15, 0.2) is 5.96 Å². The van der Waals surface area contributed by atoms with Gasteiger partial charge in [-0.15, -0.1) is 35.3 Å². The van der Waals surface area contributed by atoms with Gasteiger partial charge in [-0.1, -0.05) is 17.7 Å². The molecule has 0 aliphatic heterocycles. The van der Waals surface area contributed by atoms with Gasteiger partial charge in [0, 0.05) is 17.0 Å². The van der Waals surface area contributed by atoms with Crippen molar-refractivity contribution in [3.05, 3.63) is 57.9 Å². The van der Waals surface area contributed by atoms with Gasteiger partial charge < -0.3 is 15.1 Å². The van der Waals surface area contributed by atoms with Crippen LogP contribution in [0.15, 0.2) is 45.4 Å². The Morgan fingerprint density at radius 2 is 1.96 bits per heavy atom. The molecule has 0 saturated carbocycles. The smallest absolute Gasteiger partial charge is 0.226 e. The second-order valence-corrected chi connectivity index (χ2v) is 6.86. The largest absolute Gasteiger partial charge is 0.444 e. The van der Waals surface area contributed by atoms with E-state index in [1.165, 1.54) is 10.4 Å². The summed E-state index contributed by atoms with van der Waals surface area (Å²) in [4.78, 5) is 14.6. The third-order valence-electron chi connectivity index (χ3n) is 3.85. The molecule has 144 valence electrons. The average molecular weight is 497 g/mol.